The summed E-state index contributed by atoms with van der Waals surface area (Å²) in [5, 5.41) is 15.2. The van der Waals surface area contributed by atoms with Crippen LogP contribution in [0.15, 0.2) is 35.1 Å². The molecule has 0 aliphatic carbocycles. The van der Waals surface area contributed by atoms with Crippen LogP contribution in [0, 0.1) is 18.6 Å². The second-order valence-electron chi connectivity index (χ2n) is 7.32. The molecule has 13 heteroatoms. The lowest BCUT2D eigenvalue weighted by Gasteiger charge is -2.20. The normalized spacial score (nSPS) is 12.5. The van der Waals surface area contributed by atoms with Crippen LogP contribution in [0.1, 0.15) is 28.7 Å². The number of alkyl halides is 3. The van der Waals surface area contributed by atoms with E-state index in [-0.39, 0.29) is 11.5 Å². The van der Waals surface area contributed by atoms with Gasteiger partial charge in [-0.25, -0.2) is 13.6 Å². The van der Waals surface area contributed by atoms with Gasteiger partial charge in [0.05, 0.1) is 11.3 Å². The Kier molecular flexibility index (Phi) is 6.77. The van der Waals surface area contributed by atoms with E-state index >= 15 is 0 Å². The van der Waals surface area contributed by atoms with Gasteiger partial charge in [0.25, 0.3) is 5.91 Å². The highest BCUT2D eigenvalue weighted by Gasteiger charge is 2.39. The molecule has 8 nitrogen and oxygen atoms in total. The molecule has 0 saturated heterocycles. The molecule has 0 aliphatic rings. The van der Waals surface area contributed by atoms with Gasteiger partial charge in [0.2, 0.25) is 0 Å². The van der Waals surface area contributed by atoms with Crippen molar-refractivity contribution in [3.63, 3.8) is 0 Å². The first kappa shape index (κ1) is 24.9. The smallest absolute Gasteiger partial charge is 0.425 e. The molecule has 1 heterocycles. The molecule has 34 heavy (non-hydrogen) atoms. The molecular formula is C21H19F5N4O4. The molecule has 2 N–H and O–H groups in total. The highest BCUT2D eigenvalue weighted by atomic mass is 19.4. The van der Waals surface area contributed by atoms with E-state index in [1.807, 2.05) is 0 Å². The maximum Gasteiger partial charge on any atom is 0.425 e. The number of hydrogen-bond donors (Lipinski definition) is 2. The van der Waals surface area contributed by atoms with Gasteiger partial charge in [-0.15, -0.1) is 5.10 Å². The average Bonchev–Trinajstić information content (AvgIpc) is 3.04. The predicted octanol–water partition coefficient (Wildman–Crippen LogP) is 3.23. The number of aryl methyl sites for hydroxylation is 1. The van der Waals surface area contributed by atoms with E-state index in [1.54, 1.807) is 0 Å². The van der Waals surface area contributed by atoms with Crippen LogP contribution in [0.4, 0.5) is 27.6 Å². The number of rotatable bonds is 6. The van der Waals surface area contributed by atoms with Gasteiger partial charge in [-0.05, 0) is 31.5 Å². The summed E-state index contributed by atoms with van der Waals surface area (Å²) >= 11 is 0. The van der Waals surface area contributed by atoms with Gasteiger partial charge in [0, 0.05) is 13.1 Å². The van der Waals surface area contributed by atoms with Crippen molar-refractivity contribution in [1.29, 1.82) is 0 Å². The SMILES string of the molecule is Cc1cccc(F)c1NC(=O)c1cc(F)c(-n2nc(CO)n(C)c2=O)cc1O[C@@H](C)C(F)(F)F. The van der Waals surface area contributed by atoms with Gasteiger partial charge in [-0.1, -0.05) is 12.1 Å². The Morgan fingerprint density at radius 3 is 2.47 bits per heavy atom. The molecule has 0 spiro atoms. The summed E-state index contributed by atoms with van der Waals surface area (Å²) in [6, 6.07) is 5.19. The molecule has 1 aromatic heterocycles. The van der Waals surface area contributed by atoms with E-state index in [9.17, 15) is 36.6 Å². The van der Waals surface area contributed by atoms with E-state index in [0.717, 1.165) is 10.6 Å². The molecule has 0 unspecified atom stereocenters. The summed E-state index contributed by atoms with van der Waals surface area (Å²) in [6.45, 7) is 1.48. The third-order valence-electron chi connectivity index (χ3n) is 4.96. The summed E-state index contributed by atoms with van der Waals surface area (Å²) in [5.41, 5.74) is -2.14. The first-order valence-corrected chi connectivity index (χ1v) is 9.74. The lowest BCUT2D eigenvalue weighted by atomic mass is 10.1. The first-order valence-electron chi connectivity index (χ1n) is 9.74. The van der Waals surface area contributed by atoms with Crippen molar-refractivity contribution in [2.45, 2.75) is 32.7 Å². The average molecular weight is 486 g/mol. The number of aliphatic hydroxyl groups excluding tert-OH is 1. The van der Waals surface area contributed by atoms with Crippen molar-refractivity contribution < 1.29 is 36.6 Å². The number of anilines is 1. The number of para-hydroxylation sites is 1. The largest absolute Gasteiger partial charge is 0.480 e. The zero-order chi connectivity index (χ0) is 25.4. The Bertz CT molecular complexity index is 1280. The minimum absolute atomic E-state index is 0.146. The monoisotopic (exact) mass is 486 g/mol. The molecule has 1 atom stereocenters. The summed E-state index contributed by atoms with van der Waals surface area (Å²) in [5.74, 6) is -4.03. The fourth-order valence-electron chi connectivity index (χ4n) is 2.98. The van der Waals surface area contributed by atoms with Crippen LogP contribution < -0.4 is 15.7 Å². The number of carbonyl (C=O) groups is 1. The third kappa shape index (κ3) is 4.78. The van der Waals surface area contributed by atoms with Crippen molar-refractivity contribution in [1.82, 2.24) is 14.3 Å². The molecule has 1 amide bonds. The number of hydrogen-bond acceptors (Lipinski definition) is 5. The second-order valence-corrected chi connectivity index (χ2v) is 7.32. The number of ether oxygens (including phenoxy) is 1. The van der Waals surface area contributed by atoms with Crippen molar-refractivity contribution in [3.8, 4) is 11.4 Å². The summed E-state index contributed by atoms with van der Waals surface area (Å²) in [7, 11) is 1.25. The molecule has 2 aromatic carbocycles. The van der Waals surface area contributed by atoms with E-state index in [4.69, 9.17) is 4.74 Å². The molecule has 0 aliphatic heterocycles. The fourth-order valence-corrected chi connectivity index (χ4v) is 2.98. The maximum absolute atomic E-state index is 15.0. The van der Waals surface area contributed by atoms with Gasteiger partial charge in [-0.3, -0.25) is 9.36 Å². The molecule has 0 saturated carbocycles. The zero-order valence-corrected chi connectivity index (χ0v) is 18.1. The number of benzene rings is 2. The lowest BCUT2D eigenvalue weighted by Crippen LogP contribution is -2.32. The van der Waals surface area contributed by atoms with Crippen LogP contribution in [-0.2, 0) is 13.7 Å². The number of amides is 1. The number of nitrogens with one attached hydrogen (secondary N) is 1. The molecule has 0 radical (unpaired) electrons. The minimum Gasteiger partial charge on any atom is -0.480 e. The molecule has 0 fully saturated rings. The quantitative estimate of drug-likeness (QED) is 0.522. The predicted molar refractivity (Wildman–Crippen MR) is 110 cm³/mol. The van der Waals surface area contributed by atoms with Crippen LogP contribution in [0.5, 0.6) is 5.75 Å². The van der Waals surface area contributed by atoms with Crippen molar-refractivity contribution in [2.75, 3.05) is 5.32 Å². The minimum atomic E-state index is -4.84. The third-order valence-corrected chi connectivity index (χ3v) is 4.96. The van der Waals surface area contributed by atoms with E-state index in [2.05, 4.69) is 10.4 Å². The summed E-state index contributed by atoms with van der Waals surface area (Å²) in [6.07, 6.45) is -7.25. The van der Waals surface area contributed by atoms with E-state index < -0.39 is 59.1 Å². The van der Waals surface area contributed by atoms with Crippen LogP contribution in [-0.4, -0.2) is 37.6 Å². The number of aliphatic hydroxyl groups is 1. The van der Waals surface area contributed by atoms with Crippen molar-refractivity contribution in [3.05, 3.63) is 69.4 Å². The van der Waals surface area contributed by atoms with Gasteiger partial charge in [0.1, 0.15) is 29.7 Å². The Labute approximate surface area is 189 Å². The number of carbonyl (C=O) groups excluding carboxylic acids is 1. The first-order chi connectivity index (χ1) is 15.8. The van der Waals surface area contributed by atoms with Crippen molar-refractivity contribution in [2.24, 2.45) is 7.05 Å². The van der Waals surface area contributed by atoms with Crippen LogP contribution >= 0.6 is 0 Å². The van der Waals surface area contributed by atoms with E-state index in [1.165, 1.54) is 26.1 Å². The highest BCUT2D eigenvalue weighted by Crippen LogP contribution is 2.31. The number of aromatic nitrogens is 3. The van der Waals surface area contributed by atoms with Crippen LogP contribution in [0.2, 0.25) is 0 Å². The second kappa shape index (κ2) is 9.25. The lowest BCUT2D eigenvalue weighted by molar-refractivity contribution is -0.189. The molecule has 0 bridgehead atoms. The molecule has 182 valence electrons. The number of halogens is 5. The Morgan fingerprint density at radius 2 is 1.91 bits per heavy atom. The van der Waals surface area contributed by atoms with Crippen LogP contribution in [0.25, 0.3) is 5.69 Å². The van der Waals surface area contributed by atoms with Crippen molar-refractivity contribution >= 4 is 11.6 Å². The van der Waals surface area contributed by atoms with Gasteiger partial charge in [-0.2, -0.15) is 17.9 Å². The van der Waals surface area contributed by atoms with E-state index in [0.29, 0.717) is 29.3 Å². The molecular weight excluding hydrogens is 467 g/mol. The Hall–Kier alpha value is -3.74. The fraction of sp³-hybridized carbons (Fsp3) is 0.286. The molecule has 3 aromatic rings. The highest BCUT2D eigenvalue weighted by molar-refractivity contribution is 6.06. The van der Waals surface area contributed by atoms with Gasteiger partial charge >= 0.3 is 11.9 Å². The standard InChI is InChI=1S/C21H19F5N4O4/c1-10-5-4-6-13(22)18(10)27-19(32)12-7-14(23)15(8-16(12)34-11(2)21(24,25)26)30-20(33)29(3)17(9-31)28-30/h4-8,11,31H,9H2,1-3H3,(H,27,32)/t11-/m0/s1. The maximum atomic E-state index is 15.0. The van der Waals surface area contributed by atoms with Crippen LogP contribution in [0.3, 0.4) is 0 Å². The van der Waals surface area contributed by atoms with Gasteiger partial charge in [0.15, 0.2) is 11.9 Å². The Morgan fingerprint density at radius 1 is 1.24 bits per heavy atom. The summed E-state index contributed by atoms with van der Waals surface area (Å²) in [4.78, 5) is 25.2. The molecule has 3 rings (SSSR count). The topological polar surface area (TPSA) is 98.4 Å². The number of nitrogens with zero attached hydrogens (tertiary/aromatic N) is 3. The van der Waals surface area contributed by atoms with Gasteiger partial charge < -0.3 is 15.2 Å². The Balaban J connectivity index is 2.14. The summed E-state index contributed by atoms with van der Waals surface area (Å²) < 4.78 is 74.8. The zero-order valence-electron chi connectivity index (χ0n) is 18.1.